The Labute approximate surface area is 305 Å². The first-order valence-corrected chi connectivity index (χ1v) is 18.3. The minimum atomic E-state index is 0.655. The molecular weight excluding hydrogens is 649 g/mol. The highest BCUT2D eigenvalue weighted by atomic mass is 32.1. The molecule has 0 aliphatic heterocycles. The molecule has 52 heavy (non-hydrogen) atoms. The Kier molecular flexibility index (Phi) is 7.09. The van der Waals surface area contributed by atoms with E-state index in [9.17, 15) is 5.26 Å². The summed E-state index contributed by atoms with van der Waals surface area (Å²) in [5, 5.41) is 15.2. The van der Waals surface area contributed by atoms with Gasteiger partial charge < -0.3 is 4.57 Å². The van der Waals surface area contributed by atoms with Crippen molar-refractivity contribution in [1.29, 1.82) is 5.26 Å². The first kappa shape index (κ1) is 30.1. The lowest BCUT2D eigenvalue weighted by atomic mass is 9.93. The summed E-state index contributed by atoms with van der Waals surface area (Å²) in [6.45, 7) is 0. The average molecular weight is 679 g/mol. The molecule has 0 radical (unpaired) electrons. The molecule has 0 N–H and O–H groups in total. The van der Waals surface area contributed by atoms with Gasteiger partial charge in [-0.3, -0.25) is 0 Å². The van der Waals surface area contributed by atoms with E-state index in [1.165, 1.54) is 53.1 Å². The minimum Gasteiger partial charge on any atom is -0.309 e. The molecule has 0 saturated heterocycles. The third kappa shape index (κ3) is 5.01. The molecule has 0 bridgehead atoms. The van der Waals surface area contributed by atoms with Crippen LogP contribution in [-0.2, 0) is 0 Å². The summed E-state index contributed by atoms with van der Waals surface area (Å²) < 4.78 is 4.88. The predicted octanol–water partition coefficient (Wildman–Crippen LogP) is 13.7. The van der Waals surface area contributed by atoms with Crippen LogP contribution in [0.15, 0.2) is 182 Å². The summed E-state index contributed by atoms with van der Waals surface area (Å²) in [6.07, 6.45) is 0. The predicted molar refractivity (Wildman–Crippen MR) is 220 cm³/mol. The van der Waals surface area contributed by atoms with Crippen molar-refractivity contribution in [2.24, 2.45) is 0 Å². The molecule has 0 saturated carbocycles. The van der Waals surface area contributed by atoms with Crippen LogP contribution in [0.2, 0.25) is 0 Å². The zero-order valence-electron chi connectivity index (χ0n) is 28.1. The highest BCUT2D eigenvalue weighted by molar-refractivity contribution is 7.26. The fourth-order valence-electron chi connectivity index (χ4n) is 7.75. The number of nitrogens with zero attached hydrogens (tertiary/aromatic N) is 2. The maximum Gasteiger partial charge on any atom is 0.0992 e. The molecule has 242 valence electrons. The summed E-state index contributed by atoms with van der Waals surface area (Å²) in [4.78, 5) is 0. The Balaban J connectivity index is 1.00. The molecule has 10 rings (SSSR count). The van der Waals surface area contributed by atoms with E-state index in [0.717, 1.165) is 39.1 Å². The molecule has 3 heteroatoms. The second kappa shape index (κ2) is 12.2. The van der Waals surface area contributed by atoms with Crippen LogP contribution in [0.5, 0.6) is 0 Å². The van der Waals surface area contributed by atoms with Gasteiger partial charge in [-0.15, -0.1) is 11.3 Å². The lowest BCUT2D eigenvalue weighted by Gasteiger charge is -2.12. The zero-order chi connectivity index (χ0) is 34.6. The summed E-state index contributed by atoms with van der Waals surface area (Å²) >= 11 is 1.81. The molecule has 2 nitrogen and oxygen atoms in total. The lowest BCUT2D eigenvalue weighted by Crippen LogP contribution is -1.93. The second-order valence-corrected chi connectivity index (χ2v) is 14.3. The molecule has 0 aliphatic carbocycles. The second-order valence-electron chi connectivity index (χ2n) is 13.3. The Morgan fingerprint density at radius 3 is 1.60 bits per heavy atom. The number of thiophene rings is 1. The minimum absolute atomic E-state index is 0.655. The standard InChI is InChI=1S/C49H30N2S/c50-31-32-26-38(30-39(27-32)41-17-9-18-45-44-16-3-6-21-48(44)52-49(41)45)37-13-8-12-36(29-37)35-11-7-10-34(28-35)33-22-24-40(25-23-33)51-46-19-4-1-14-42(46)43-15-2-5-20-47(43)51/h1-30H. The van der Waals surface area contributed by atoms with Gasteiger partial charge in [-0.2, -0.15) is 5.26 Å². The molecule has 10 aromatic rings. The van der Waals surface area contributed by atoms with E-state index < -0.39 is 0 Å². The van der Waals surface area contributed by atoms with Crippen molar-refractivity contribution in [2.75, 3.05) is 0 Å². The first-order chi connectivity index (χ1) is 25.7. The first-order valence-electron chi connectivity index (χ1n) is 17.5. The van der Waals surface area contributed by atoms with Gasteiger partial charge in [0.15, 0.2) is 0 Å². The summed E-state index contributed by atoms with van der Waals surface area (Å²) in [5.41, 5.74) is 13.2. The smallest absolute Gasteiger partial charge is 0.0992 e. The zero-order valence-corrected chi connectivity index (χ0v) is 28.9. The van der Waals surface area contributed by atoms with E-state index in [1.54, 1.807) is 0 Å². The van der Waals surface area contributed by atoms with Crippen LogP contribution in [0.3, 0.4) is 0 Å². The fourth-order valence-corrected chi connectivity index (χ4v) is 8.99. The normalized spacial score (nSPS) is 11.4. The summed E-state index contributed by atoms with van der Waals surface area (Å²) in [5.74, 6) is 0. The number of aromatic nitrogens is 1. The van der Waals surface area contributed by atoms with Gasteiger partial charge >= 0.3 is 0 Å². The highest BCUT2D eigenvalue weighted by Crippen LogP contribution is 2.41. The summed E-state index contributed by atoms with van der Waals surface area (Å²) in [6, 6.07) is 67.3. The largest absolute Gasteiger partial charge is 0.309 e. The van der Waals surface area contributed by atoms with Gasteiger partial charge in [-0.1, -0.05) is 121 Å². The van der Waals surface area contributed by atoms with Crippen LogP contribution in [0.4, 0.5) is 0 Å². The third-order valence-corrected chi connectivity index (χ3v) is 11.4. The Hall–Kier alpha value is -6.73. The highest BCUT2D eigenvalue weighted by Gasteiger charge is 2.14. The third-order valence-electron chi connectivity index (χ3n) is 10.2. The number of nitriles is 1. The molecule has 0 atom stereocenters. The van der Waals surface area contributed by atoms with Crippen LogP contribution in [-0.4, -0.2) is 4.57 Å². The van der Waals surface area contributed by atoms with Crippen molar-refractivity contribution in [3.8, 4) is 56.3 Å². The maximum atomic E-state index is 10.1. The van der Waals surface area contributed by atoms with Gasteiger partial charge in [0.1, 0.15) is 0 Å². The number of hydrogen-bond acceptors (Lipinski definition) is 2. The van der Waals surface area contributed by atoms with Crippen LogP contribution in [0, 0.1) is 11.3 Å². The van der Waals surface area contributed by atoms with Gasteiger partial charge in [0.05, 0.1) is 22.7 Å². The average Bonchev–Trinajstić information content (AvgIpc) is 3.77. The van der Waals surface area contributed by atoms with E-state index in [0.29, 0.717) is 5.56 Å². The van der Waals surface area contributed by atoms with Gasteiger partial charge in [0.2, 0.25) is 0 Å². The van der Waals surface area contributed by atoms with Crippen LogP contribution < -0.4 is 0 Å². The van der Waals surface area contributed by atoms with Crippen molar-refractivity contribution >= 4 is 53.3 Å². The van der Waals surface area contributed by atoms with Gasteiger partial charge in [-0.25, -0.2) is 0 Å². The van der Waals surface area contributed by atoms with Crippen LogP contribution in [0.1, 0.15) is 5.56 Å². The molecule has 0 fully saturated rings. The van der Waals surface area contributed by atoms with Crippen LogP contribution in [0.25, 0.3) is 92.2 Å². The Bertz CT molecular complexity index is 2970. The molecule has 8 aromatic carbocycles. The SMILES string of the molecule is N#Cc1cc(-c2cccc(-c3cccc(-c4ccc(-n5c6ccccc6c6ccccc65)cc4)c3)c2)cc(-c2cccc3c2sc2ccccc23)c1. The molecule has 0 aliphatic rings. The fraction of sp³-hybridized carbons (Fsp3) is 0. The monoisotopic (exact) mass is 678 g/mol. The van der Waals surface area contributed by atoms with E-state index >= 15 is 0 Å². The van der Waals surface area contributed by atoms with Gasteiger partial charge in [0, 0.05) is 36.6 Å². The Morgan fingerprint density at radius 2 is 0.923 bits per heavy atom. The van der Waals surface area contributed by atoms with E-state index in [4.69, 9.17) is 0 Å². The van der Waals surface area contributed by atoms with Crippen molar-refractivity contribution in [1.82, 2.24) is 4.57 Å². The van der Waals surface area contributed by atoms with Crippen LogP contribution >= 0.6 is 11.3 Å². The van der Waals surface area contributed by atoms with E-state index in [1.807, 2.05) is 23.5 Å². The van der Waals surface area contributed by atoms with Crippen molar-refractivity contribution in [3.63, 3.8) is 0 Å². The number of rotatable bonds is 5. The molecular formula is C49H30N2S. The molecule has 0 spiro atoms. The maximum absolute atomic E-state index is 10.1. The number of hydrogen-bond donors (Lipinski definition) is 0. The molecule has 0 amide bonds. The van der Waals surface area contributed by atoms with Gasteiger partial charge in [-0.05, 0) is 105 Å². The van der Waals surface area contributed by atoms with Crippen molar-refractivity contribution < 1.29 is 0 Å². The van der Waals surface area contributed by atoms with Crippen molar-refractivity contribution in [2.45, 2.75) is 0 Å². The quantitative estimate of drug-likeness (QED) is 0.178. The molecule has 0 unspecified atom stereocenters. The number of benzene rings is 8. The lowest BCUT2D eigenvalue weighted by molar-refractivity contribution is 1.18. The molecule has 2 heterocycles. The van der Waals surface area contributed by atoms with E-state index in [2.05, 4.69) is 180 Å². The molecule has 2 aromatic heterocycles. The topological polar surface area (TPSA) is 28.7 Å². The summed E-state index contributed by atoms with van der Waals surface area (Å²) in [7, 11) is 0. The number of fused-ring (bicyclic) bond motifs is 6. The number of para-hydroxylation sites is 2. The van der Waals surface area contributed by atoms with Gasteiger partial charge in [0.25, 0.3) is 0 Å². The van der Waals surface area contributed by atoms with E-state index in [-0.39, 0.29) is 0 Å². The van der Waals surface area contributed by atoms with Crippen molar-refractivity contribution in [3.05, 3.63) is 188 Å². The Morgan fingerprint density at radius 1 is 0.404 bits per heavy atom.